The Balaban J connectivity index is 1.98. The number of benzene rings is 1. The summed E-state index contributed by atoms with van der Waals surface area (Å²) >= 11 is 0. The lowest BCUT2D eigenvalue weighted by atomic mass is 9.82. The van der Waals surface area contributed by atoms with Gasteiger partial charge >= 0.3 is 5.97 Å². The first kappa shape index (κ1) is 18.3. The maximum atomic E-state index is 12.4. The number of methoxy groups -OCH3 is 1. The number of nitrogens with one attached hydrogen (secondary N) is 1. The number of rotatable bonds is 5. The summed E-state index contributed by atoms with van der Waals surface area (Å²) in [7, 11) is 1.58. The molecule has 1 amide bonds. The first-order chi connectivity index (χ1) is 12.2. The molecule has 1 aromatic rings. The van der Waals surface area contributed by atoms with E-state index in [1.807, 2.05) is 18.2 Å². The average Bonchev–Trinajstić information content (AvgIpc) is 2.81. The van der Waals surface area contributed by atoms with Crippen LogP contribution in [0.3, 0.4) is 0 Å². The molecule has 6 heteroatoms. The maximum Gasteiger partial charge on any atom is 0.337 e. The smallest absolute Gasteiger partial charge is 0.337 e. The number of carbonyl (C=O) groups excluding carboxylic acids is 2. The number of carbonyl (C=O) groups is 2. The van der Waals surface area contributed by atoms with Crippen molar-refractivity contribution in [2.45, 2.75) is 45.6 Å². The van der Waals surface area contributed by atoms with Gasteiger partial charge in [-0.15, -0.1) is 0 Å². The fraction of sp³-hybridized carbons (Fsp3) is 0.500. The molecule has 0 bridgehead atoms. The third-order valence-electron chi connectivity index (χ3n) is 4.60. The third-order valence-corrected chi connectivity index (χ3v) is 4.60. The maximum absolute atomic E-state index is 12.4. The van der Waals surface area contributed by atoms with Crippen molar-refractivity contribution in [3.63, 3.8) is 0 Å². The predicted octanol–water partition coefficient (Wildman–Crippen LogP) is 2.92. The van der Waals surface area contributed by atoms with Gasteiger partial charge in [-0.1, -0.05) is 19.9 Å². The van der Waals surface area contributed by atoms with E-state index in [0.717, 1.165) is 5.56 Å². The molecule has 1 aromatic carbocycles. The van der Waals surface area contributed by atoms with Gasteiger partial charge in [0.15, 0.2) is 11.5 Å². The summed E-state index contributed by atoms with van der Waals surface area (Å²) in [4.78, 5) is 24.6. The zero-order valence-electron chi connectivity index (χ0n) is 15.8. The van der Waals surface area contributed by atoms with E-state index in [-0.39, 0.29) is 24.2 Å². The lowest BCUT2D eigenvalue weighted by Gasteiger charge is -2.27. The second-order valence-corrected chi connectivity index (χ2v) is 7.61. The molecule has 1 unspecified atom stereocenters. The highest BCUT2D eigenvalue weighted by Gasteiger charge is 2.47. The van der Waals surface area contributed by atoms with E-state index >= 15 is 0 Å². The molecule has 0 spiro atoms. The first-order valence-electron chi connectivity index (χ1n) is 8.81. The van der Waals surface area contributed by atoms with Crippen LogP contribution in [0.25, 0.3) is 0 Å². The molecule has 1 N–H and O–H groups in total. The van der Waals surface area contributed by atoms with Gasteiger partial charge in [-0.05, 0) is 37.5 Å². The van der Waals surface area contributed by atoms with E-state index in [0.29, 0.717) is 35.3 Å². The Labute approximate surface area is 153 Å². The summed E-state index contributed by atoms with van der Waals surface area (Å²) in [6.07, 6.45) is 0.194. The van der Waals surface area contributed by atoms with Crippen molar-refractivity contribution in [2.24, 2.45) is 5.92 Å². The molecule has 0 aliphatic carbocycles. The van der Waals surface area contributed by atoms with Gasteiger partial charge in [0.1, 0.15) is 5.60 Å². The number of cyclic esters (lactones) is 1. The number of hydrogen-bond acceptors (Lipinski definition) is 5. The lowest BCUT2D eigenvalue weighted by Crippen LogP contribution is -2.38. The zero-order chi connectivity index (χ0) is 19.1. The van der Waals surface area contributed by atoms with Crippen molar-refractivity contribution < 1.29 is 23.8 Å². The third kappa shape index (κ3) is 3.28. The lowest BCUT2D eigenvalue weighted by molar-refractivity contribution is -0.144. The minimum atomic E-state index is -0.828. The van der Waals surface area contributed by atoms with E-state index in [1.165, 1.54) is 0 Å². The van der Waals surface area contributed by atoms with Crippen LogP contribution in [0.2, 0.25) is 0 Å². The normalized spacial score (nSPS) is 21.4. The van der Waals surface area contributed by atoms with Gasteiger partial charge in [0.2, 0.25) is 5.91 Å². The van der Waals surface area contributed by atoms with E-state index in [9.17, 15) is 9.59 Å². The molecule has 1 atom stereocenters. The molecule has 0 aromatic heterocycles. The summed E-state index contributed by atoms with van der Waals surface area (Å²) in [6, 6.07) is 5.54. The molecule has 2 aliphatic heterocycles. The highest BCUT2D eigenvalue weighted by Crippen LogP contribution is 2.44. The minimum Gasteiger partial charge on any atom is -0.493 e. The molecule has 0 saturated carbocycles. The SMILES string of the molecule is COc1cc(C2CC(=O)NC3=C2C(=O)OC3(C)C)ccc1OCC(C)C. The van der Waals surface area contributed by atoms with Gasteiger partial charge in [-0.2, -0.15) is 0 Å². The number of amides is 1. The summed E-state index contributed by atoms with van der Waals surface area (Å²) in [5.74, 6) is 0.759. The van der Waals surface area contributed by atoms with E-state index in [1.54, 1.807) is 21.0 Å². The second-order valence-electron chi connectivity index (χ2n) is 7.61. The van der Waals surface area contributed by atoms with Crippen LogP contribution in [-0.2, 0) is 14.3 Å². The summed E-state index contributed by atoms with van der Waals surface area (Å²) < 4.78 is 16.7. The van der Waals surface area contributed by atoms with Crippen molar-refractivity contribution in [2.75, 3.05) is 13.7 Å². The zero-order valence-corrected chi connectivity index (χ0v) is 15.8. The van der Waals surface area contributed by atoms with Crippen molar-refractivity contribution in [3.8, 4) is 11.5 Å². The highest BCUT2D eigenvalue weighted by atomic mass is 16.6. The van der Waals surface area contributed by atoms with Gasteiger partial charge in [-0.3, -0.25) is 4.79 Å². The van der Waals surface area contributed by atoms with Crippen molar-refractivity contribution in [1.82, 2.24) is 5.32 Å². The summed E-state index contributed by atoms with van der Waals surface area (Å²) in [5.41, 5.74) is 1.08. The van der Waals surface area contributed by atoms with Crippen LogP contribution >= 0.6 is 0 Å². The molecule has 2 heterocycles. The number of ether oxygens (including phenoxy) is 3. The van der Waals surface area contributed by atoms with Crippen LogP contribution in [0, 0.1) is 5.92 Å². The largest absolute Gasteiger partial charge is 0.493 e. The molecule has 3 rings (SSSR count). The van der Waals surface area contributed by atoms with E-state index in [4.69, 9.17) is 14.2 Å². The average molecular weight is 359 g/mol. The van der Waals surface area contributed by atoms with E-state index in [2.05, 4.69) is 19.2 Å². The first-order valence-corrected chi connectivity index (χ1v) is 8.81. The second kappa shape index (κ2) is 6.67. The molecule has 6 nitrogen and oxygen atoms in total. The fourth-order valence-electron chi connectivity index (χ4n) is 3.34. The molecule has 2 aliphatic rings. The quantitative estimate of drug-likeness (QED) is 0.818. The van der Waals surface area contributed by atoms with Gasteiger partial charge < -0.3 is 19.5 Å². The Bertz CT molecular complexity index is 778. The van der Waals surface area contributed by atoms with Crippen molar-refractivity contribution in [3.05, 3.63) is 35.0 Å². The standard InChI is InChI=1S/C20H25NO5/c1-11(2)10-25-14-7-6-12(8-15(14)24-5)13-9-16(22)21-18-17(13)19(23)26-20(18,3)4/h6-8,11,13H,9-10H2,1-5H3,(H,21,22). The van der Waals surface area contributed by atoms with Crippen LogP contribution in [-0.4, -0.2) is 31.2 Å². The van der Waals surface area contributed by atoms with Gasteiger partial charge in [0.25, 0.3) is 0 Å². The molecule has 140 valence electrons. The molecule has 0 fully saturated rings. The Hall–Kier alpha value is -2.50. The molecular weight excluding hydrogens is 334 g/mol. The minimum absolute atomic E-state index is 0.126. The predicted molar refractivity (Wildman–Crippen MR) is 96.0 cm³/mol. The Morgan fingerprint density at radius 2 is 2.00 bits per heavy atom. The molecular formula is C20H25NO5. The van der Waals surface area contributed by atoms with Gasteiger partial charge in [-0.25, -0.2) is 4.79 Å². The summed E-state index contributed by atoms with van der Waals surface area (Å²) in [5, 5.41) is 2.81. The van der Waals surface area contributed by atoms with Crippen molar-refractivity contribution >= 4 is 11.9 Å². The molecule has 0 radical (unpaired) electrons. The Kier molecular flexibility index (Phi) is 4.69. The highest BCUT2D eigenvalue weighted by molar-refractivity contribution is 5.99. The monoisotopic (exact) mass is 359 g/mol. The van der Waals surface area contributed by atoms with Gasteiger partial charge in [0.05, 0.1) is 25.0 Å². The topological polar surface area (TPSA) is 73.9 Å². The summed E-state index contributed by atoms with van der Waals surface area (Å²) in [6.45, 7) is 8.28. The molecule has 0 saturated heterocycles. The van der Waals surface area contributed by atoms with Crippen LogP contribution in [0.5, 0.6) is 11.5 Å². The fourth-order valence-corrected chi connectivity index (χ4v) is 3.34. The number of hydrogen-bond donors (Lipinski definition) is 1. The Morgan fingerprint density at radius 1 is 1.27 bits per heavy atom. The molecule has 26 heavy (non-hydrogen) atoms. The Morgan fingerprint density at radius 3 is 2.65 bits per heavy atom. The van der Waals surface area contributed by atoms with Crippen LogP contribution in [0.1, 0.15) is 45.6 Å². The van der Waals surface area contributed by atoms with E-state index < -0.39 is 5.60 Å². The number of esters is 1. The van der Waals surface area contributed by atoms with Crippen LogP contribution < -0.4 is 14.8 Å². The van der Waals surface area contributed by atoms with Crippen molar-refractivity contribution in [1.29, 1.82) is 0 Å². The van der Waals surface area contributed by atoms with Crippen LogP contribution in [0.15, 0.2) is 29.5 Å². The van der Waals surface area contributed by atoms with Gasteiger partial charge in [0, 0.05) is 12.3 Å². The van der Waals surface area contributed by atoms with Crippen LogP contribution in [0.4, 0.5) is 0 Å².